The average molecular weight is 207 g/mol. The zero-order valence-electron chi connectivity index (χ0n) is 8.95. The minimum Gasteiger partial charge on any atom is -0.508 e. The summed E-state index contributed by atoms with van der Waals surface area (Å²) in [5, 5.41) is 22.6. The van der Waals surface area contributed by atoms with Crippen molar-refractivity contribution in [3.8, 4) is 11.5 Å². The predicted octanol–water partition coefficient (Wildman–Crippen LogP) is 1.74. The van der Waals surface area contributed by atoms with Crippen LogP contribution in [0.15, 0.2) is 12.1 Å². The Bertz CT molecular complexity index is 357. The van der Waals surface area contributed by atoms with Crippen molar-refractivity contribution in [3.63, 3.8) is 0 Å². The highest BCUT2D eigenvalue weighted by atomic mass is 16.3. The molecule has 82 valence electrons. The second-order valence-corrected chi connectivity index (χ2v) is 4.08. The summed E-state index contributed by atoms with van der Waals surface area (Å²) in [5.74, 6) is 0.805. The maximum Gasteiger partial charge on any atom is 0.122 e. The lowest BCUT2D eigenvalue weighted by Gasteiger charge is -2.13. The first kappa shape index (κ1) is 10.3. The number of rotatable bonds is 2. The number of phenols is 2. The Balaban J connectivity index is 2.37. The summed E-state index contributed by atoms with van der Waals surface area (Å²) in [5.41, 5.74) is 1.88. The van der Waals surface area contributed by atoms with Crippen LogP contribution in [0.4, 0.5) is 0 Å². The Morgan fingerprint density at radius 2 is 2.13 bits per heavy atom. The third-order valence-electron chi connectivity index (χ3n) is 3.11. The van der Waals surface area contributed by atoms with Crippen molar-refractivity contribution in [2.24, 2.45) is 0 Å². The normalized spacial score (nSPS) is 20.7. The van der Waals surface area contributed by atoms with Gasteiger partial charge in [-0.3, -0.25) is 0 Å². The van der Waals surface area contributed by atoms with Crippen molar-refractivity contribution in [3.05, 3.63) is 23.3 Å². The van der Waals surface area contributed by atoms with Gasteiger partial charge in [0.2, 0.25) is 0 Å². The minimum absolute atomic E-state index is 0.199. The van der Waals surface area contributed by atoms with Crippen molar-refractivity contribution >= 4 is 0 Å². The van der Waals surface area contributed by atoms with Gasteiger partial charge in [0.05, 0.1) is 0 Å². The lowest BCUT2D eigenvalue weighted by atomic mass is 9.94. The topological polar surface area (TPSA) is 52.5 Å². The number of hydrogen-bond donors (Lipinski definition) is 3. The number of hydrogen-bond acceptors (Lipinski definition) is 3. The van der Waals surface area contributed by atoms with Gasteiger partial charge in [-0.25, -0.2) is 0 Å². The predicted molar refractivity (Wildman–Crippen MR) is 59.4 cm³/mol. The molecule has 3 N–H and O–H groups in total. The van der Waals surface area contributed by atoms with Crippen molar-refractivity contribution in [1.82, 2.24) is 5.32 Å². The van der Waals surface area contributed by atoms with E-state index in [4.69, 9.17) is 0 Å². The molecule has 0 radical (unpaired) electrons. The highest BCUT2D eigenvalue weighted by Crippen LogP contribution is 2.35. The van der Waals surface area contributed by atoms with Gasteiger partial charge < -0.3 is 15.5 Å². The van der Waals surface area contributed by atoms with Crippen LogP contribution in [0.2, 0.25) is 0 Å². The Kier molecular flexibility index (Phi) is 2.82. The van der Waals surface area contributed by atoms with Gasteiger partial charge in [-0.15, -0.1) is 0 Å². The monoisotopic (exact) mass is 207 g/mol. The van der Waals surface area contributed by atoms with Crippen LogP contribution in [0, 0.1) is 0 Å². The maximum absolute atomic E-state index is 9.78. The quantitative estimate of drug-likeness (QED) is 0.692. The van der Waals surface area contributed by atoms with E-state index in [-0.39, 0.29) is 11.5 Å². The second kappa shape index (κ2) is 4.11. The fourth-order valence-corrected chi connectivity index (χ4v) is 2.17. The van der Waals surface area contributed by atoms with Gasteiger partial charge in [0, 0.05) is 18.5 Å². The molecular weight excluding hydrogens is 190 g/mol. The van der Waals surface area contributed by atoms with Gasteiger partial charge in [0.1, 0.15) is 11.5 Å². The van der Waals surface area contributed by atoms with Gasteiger partial charge in [0.25, 0.3) is 0 Å². The van der Waals surface area contributed by atoms with Crippen molar-refractivity contribution < 1.29 is 10.2 Å². The van der Waals surface area contributed by atoms with Crippen LogP contribution < -0.4 is 5.32 Å². The molecule has 0 aliphatic carbocycles. The van der Waals surface area contributed by atoms with Gasteiger partial charge in [-0.05, 0) is 36.6 Å². The average Bonchev–Trinajstić information content (AvgIpc) is 2.71. The molecule has 0 spiro atoms. The van der Waals surface area contributed by atoms with E-state index in [2.05, 4.69) is 5.32 Å². The molecule has 1 heterocycles. The first-order valence-corrected chi connectivity index (χ1v) is 5.47. The van der Waals surface area contributed by atoms with Crippen molar-refractivity contribution in [2.45, 2.75) is 25.7 Å². The van der Waals surface area contributed by atoms with Crippen LogP contribution in [0.25, 0.3) is 0 Å². The molecule has 1 fully saturated rings. The Labute approximate surface area is 89.8 Å². The summed E-state index contributed by atoms with van der Waals surface area (Å²) in [7, 11) is 0. The van der Waals surface area contributed by atoms with Crippen LogP contribution in [0.5, 0.6) is 11.5 Å². The van der Waals surface area contributed by atoms with E-state index < -0.39 is 0 Å². The maximum atomic E-state index is 9.78. The summed E-state index contributed by atoms with van der Waals surface area (Å²) in [4.78, 5) is 0. The Morgan fingerprint density at radius 1 is 1.33 bits per heavy atom. The van der Waals surface area contributed by atoms with E-state index in [0.29, 0.717) is 5.92 Å². The van der Waals surface area contributed by atoms with Crippen molar-refractivity contribution in [1.29, 1.82) is 0 Å². The third-order valence-corrected chi connectivity index (χ3v) is 3.11. The Hall–Kier alpha value is -1.22. The van der Waals surface area contributed by atoms with Crippen LogP contribution in [-0.4, -0.2) is 23.3 Å². The number of benzene rings is 1. The van der Waals surface area contributed by atoms with E-state index >= 15 is 0 Å². The first-order chi connectivity index (χ1) is 7.22. The lowest BCUT2D eigenvalue weighted by molar-refractivity contribution is 0.439. The molecular formula is C12H17NO2. The van der Waals surface area contributed by atoms with E-state index in [1.807, 2.05) is 13.0 Å². The molecule has 3 heteroatoms. The molecule has 3 nitrogen and oxygen atoms in total. The highest BCUT2D eigenvalue weighted by Gasteiger charge is 2.20. The summed E-state index contributed by atoms with van der Waals surface area (Å²) >= 11 is 0. The van der Waals surface area contributed by atoms with E-state index in [0.717, 1.165) is 37.1 Å². The van der Waals surface area contributed by atoms with Crippen LogP contribution in [0.3, 0.4) is 0 Å². The molecule has 1 atom stereocenters. The number of aryl methyl sites for hydroxylation is 1. The third kappa shape index (κ3) is 1.92. The van der Waals surface area contributed by atoms with Gasteiger partial charge in [-0.1, -0.05) is 6.92 Å². The van der Waals surface area contributed by atoms with Crippen molar-refractivity contribution in [2.75, 3.05) is 13.1 Å². The molecule has 0 saturated carbocycles. The van der Waals surface area contributed by atoms with E-state index in [9.17, 15) is 10.2 Å². The summed E-state index contributed by atoms with van der Waals surface area (Å²) in [6.45, 7) is 3.93. The summed E-state index contributed by atoms with van der Waals surface area (Å²) < 4.78 is 0. The first-order valence-electron chi connectivity index (χ1n) is 5.47. The standard InChI is InChI=1S/C12H17NO2/c1-2-8-5-10(9-3-4-13-7-9)12(15)6-11(8)14/h5-6,9,13-15H,2-4,7H2,1H3. The zero-order valence-corrected chi connectivity index (χ0v) is 8.95. The molecule has 0 amide bonds. The van der Waals surface area contributed by atoms with E-state index in [1.165, 1.54) is 6.07 Å². The van der Waals surface area contributed by atoms with Crippen LogP contribution >= 0.6 is 0 Å². The number of phenolic OH excluding ortho intramolecular Hbond substituents is 2. The van der Waals surface area contributed by atoms with Gasteiger partial charge in [-0.2, -0.15) is 0 Å². The molecule has 1 saturated heterocycles. The van der Waals surface area contributed by atoms with Crippen LogP contribution in [-0.2, 0) is 6.42 Å². The van der Waals surface area contributed by atoms with E-state index in [1.54, 1.807) is 0 Å². The molecule has 1 unspecified atom stereocenters. The zero-order chi connectivity index (χ0) is 10.8. The molecule has 0 bridgehead atoms. The second-order valence-electron chi connectivity index (χ2n) is 4.08. The minimum atomic E-state index is 0.199. The summed E-state index contributed by atoms with van der Waals surface area (Å²) in [6, 6.07) is 3.40. The smallest absolute Gasteiger partial charge is 0.122 e. The SMILES string of the molecule is CCc1cc(C2CCNC2)c(O)cc1O. The fraction of sp³-hybridized carbons (Fsp3) is 0.500. The van der Waals surface area contributed by atoms with Gasteiger partial charge >= 0.3 is 0 Å². The largest absolute Gasteiger partial charge is 0.508 e. The lowest BCUT2D eigenvalue weighted by Crippen LogP contribution is -2.08. The molecule has 1 aromatic rings. The number of aromatic hydroxyl groups is 2. The molecule has 0 aromatic heterocycles. The molecule has 1 aliphatic heterocycles. The number of nitrogens with one attached hydrogen (secondary N) is 1. The highest BCUT2D eigenvalue weighted by molar-refractivity contribution is 5.47. The van der Waals surface area contributed by atoms with Crippen LogP contribution in [0.1, 0.15) is 30.4 Å². The molecule has 1 aliphatic rings. The fourth-order valence-electron chi connectivity index (χ4n) is 2.17. The Morgan fingerprint density at radius 3 is 2.73 bits per heavy atom. The van der Waals surface area contributed by atoms with Gasteiger partial charge in [0.15, 0.2) is 0 Å². The molecule has 15 heavy (non-hydrogen) atoms. The molecule has 2 rings (SSSR count). The summed E-state index contributed by atoms with van der Waals surface area (Å²) in [6.07, 6.45) is 1.85. The molecule has 1 aromatic carbocycles.